The van der Waals surface area contributed by atoms with Gasteiger partial charge in [-0.05, 0) is 43.3 Å². The summed E-state index contributed by atoms with van der Waals surface area (Å²) in [6, 6.07) is 25.3. The van der Waals surface area contributed by atoms with E-state index in [9.17, 15) is 0 Å². The summed E-state index contributed by atoms with van der Waals surface area (Å²) in [4.78, 5) is 11.5. The third-order valence-electron chi connectivity index (χ3n) is 6.04. The number of benzene rings is 3. The highest BCUT2D eigenvalue weighted by Crippen LogP contribution is 2.38. The van der Waals surface area contributed by atoms with Crippen LogP contribution in [-0.2, 0) is 0 Å². The summed E-state index contributed by atoms with van der Waals surface area (Å²) in [5.74, 6) is 0.625. The van der Waals surface area contributed by atoms with Gasteiger partial charge in [0.2, 0.25) is 0 Å². The lowest BCUT2D eigenvalue weighted by atomic mass is 10.1. The Morgan fingerprint density at radius 2 is 1.68 bits per heavy atom. The Balaban J connectivity index is 1.59. The van der Waals surface area contributed by atoms with Gasteiger partial charge in [0.05, 0.1) is 16.4 Å². The van der Waals surface area contributed by atoms with Crippen molar-refractivity contribution in [1.82, 2.24) is 14.5 Å². The Morgan fingerprint density at radius 3 is 2.47 bits per heavy atom. The SMILES string of the molecule is C=Cc1sc2nc(-c3ccc4c(c3)c3ccccc3n4-c3ccccc3)nc(Cl)c2c1/C=C\C. The highest BCUT2D eigenvalue weighted by Gasteiger charge is 2.18. The number of allylic oxidation sites excluding steroid dienone is 1. The van der Waals surface area contributed by atoms with E-state index in [0.717, 1.165) is 42.8 Å². The predicted molar refractivity (Wildman–Crippen MR) is 147 cm³/mol. The first kappa shape index (κ1) is 20.8. The van der Waals surface area contributed by atoms with Crippen molar-refractivity contribution in [2.45, 2.75) is 6.92 Å². The van der Waals surface area contributed by atoms with Crippen LogP contribution in [0.5, 0.6) is 0 Å². The molecule has 0 spiro atoms. The molecule has 34 heavy (non-hydrogen) atoms. The van der Waals surface area contributed by atoms with Crippen LogP contribution in [0.4, 0.5) is 0 Å². The number of halogens is 1. The zero-order valence-corrected chi connectivity index (χ0v) is 20.1. The van der Waals surface area contributed by atoms with E-state index in [2.05, 4.69) is 77.9 Å². The molecule has 6 aromatic rings. The quantitative estimate of drug-likeness (QED) is 0.237. The number of hydrogen-bond donors (Lipinski definition) is 0. The highest BCUT2D eigenvalue weighted by molar-refractivity contribution is 7.19. The van der Waals surface area contributed by atoms with Gasteiger partial charge in [-0.2, -0.15) is 0 Å². The van der Waals surface area contributed by atoms with E-state index < -0.39 is 0 Å². The van der Waals surface area contributed by atoms with Gasteiger partial charge in [-0.3, -0.25) is 0 Å². The second-order valence-corrected chi connectivity index (χ2v) is 9.41. The Morgan fingerprint density at radius 1 is 0.912 bits per heavy atom. The standard InChI is InChI=1S/C29H20ClN3S/c1-3-10-21-25(4-2)34-29-26(21)27(30)31-28(32-29)18-15-16-24-22(17-18)20-13-8-9-14-23(20)33(24)19-11-6-5-7-12-19/h3-17H,2H2,1H3/b10-3-. The minimum absolute atomic E-state index is 0.462. The molecule has 0 aliphatic heterocycles. The molecule has 0 fully saturated rings. The van der Waals surface area contributed by atoms with E-state index in [1.165, 1.54) is 10.9 Å². The van der Waals surface area contributed by atoms with Gasteiger partial charge in [0.15, 0.2) is 5.82 Å². The highest BCUT2D eigenvalue weighted by atomic mass is 35.5. The van der Waals surface area contributed by atoms with Crippen LogP contribution in [0.2, 0.25) is 5.15 Å². The number of thiophene rings is 1. The molecular weight excluding hydrogens is 458 g/mol. The largest absolute Gasteiger partial charge is 0.309 e. The molecule has 0 unspecified atom stereocenters. The third-order valence-corrected chi connectivity index (χ3v) is 7.41. The molecular formula is C29H20ClN3S. The number of fused-ring (bicyclic) bond motifs is 4. The molecule has 5 heteroatoms. The zero-order valence-electron chi connectivity index (χ0n) is 18.5. The number of hydrogen-bond acceptors (Lipinski definition) is 3. The molecule has 3 nitrogen and oxygen atoms in total. The maximum Gasteiger partial charge on any atom is 0.162 e. The number of nitrogens with zero attached hydrogens (tertiary/aromatic N) is 3. The van der Waals surface area contributed by atoms with Gasteiger partial charge in [0.25, 0.3) is 0 Å². The second kappa shape index (κ2) is 8.24. The zero-order chi connectivity index (χ0) is 23.2. The van der Waals surface area contributed by atoms with Crippen molar-refractivity contribution in [3.8, 4) is 17.1 Å². The van der Waals surface area contributed by atoms with Crippen LogP contribution in [-0.4, -0.2) is 14.5 Å². The molecule has 164 valence electrons. The molecule has 0 radical (unpaired) electrons. The van der Waals surface area contributed by atoms with Gasteiger partial charge in [-0.25, -0.2) is 9.97 Å². The monoisotopic (exact) mass is 477 g/mol. The lowest BCUT2D eigenvalue weighted by Gasteiger charge is -2.08. The summed E-state index contributed by atoms with van der Waals surface area (Å²) in [6.45, 7) is 5.94. The summed E-state index contributed by atoms with van der Waals surface area (Å²) in [6.07, 6.45) is 5.88. The van der Waals surface area contributed by atoms with Crippen molar-refractivity contribution < 1.29 is 0 Å². The van der Waals surface area contributed by atoms with Crippen LogP contribution in [0.15, 0.2) is 85.5 Å². The average molecular weight is 478 g/mol. The van der Waals surface area contributed by atoms with Gasteiger partial charge in [0, 0.05) is 32.5 Å². The molecule has 0 aliphatic rings. The topological polar surface area (TPSA) is 30.7 Å². The van der Waals surface area contributed by atoms with Crippen molar-refractivity contribution in [3.63, 3.8) is 0 Å². The Hall–Kier alpha value is -3.73. The van der Waals surface area contributed by atoms with Crippen LogP contribution >= 0.6 is 22.9 Å². The minimum atomic E-state index is 0.462. The third kappa shape index (κ3) is 3.18. The maximum absolute atomic E-state index is 6.70. The fraction of sp³-hybridized carbons (Fsp3) is 0.0345. The van der Waals surface area contributed by atoms with Crippen molar-refractivity contribution in [2.75, 3.05) is 0 Å². The normalized spacial score (nSPS) is 11.8. The summed E-state index contributed by atoms with van der Waals surface area (Å²) in [5, 5.41) is 3.69. The van der Waals surface area contributed by atoms with E-state index in [-0.39, 0.29) is 0 Å². The first-order valence-electron chi connectivity index (χ1n) is 11.0. The lowest BCUT2D eigenvalue weighted by Crippen LogP contribution is -1.93. The predicted octanol–water partition coefficient (Wildman–Crippen LogP) is 8.78. The van der Waals surface area contributed by atoms with Gasteiger partial charge >= 0.3 is 0 Å². The molecule has 0 amide bonds. The van der Waals surface area contributed by atoms with Crippen molar-refractivity contribution in [2.24, 2.45) is 0 Å². The number of aromatic nitrogens is 3. The molecule has 0 atom stereocenters. The Labute approximate surface area is 206 Å². The van der Waals surface area contributed by atoms with E-state index in [4.69, 9.17) is 21.6 Å². The first-order chi connectivity index (χ1) is 16.7. The maximum atomic E-state index is 6.70. The Bertz CT molecular complexity index is 1740. The van der Waals surface area contributed by atoms with Crippen LogP contribution in [0.25, 0.3) is 61.2 Å². The van der Waals surface area contributed by atoms with Crippen molar-refractivity contribution in [1.29, 1.82) is 0 Å². The van der Waals surface area contributed by atoms with Crippen LogP contribution in [0, 0.1) is 0 Å². The average Bonchev–Trinajstić information content (AvgIpc) is 3.40. The van der Waals surface area contributed by atoms with Gasteiger partial charge in [0.1, 0.15) is 9.98 Å². The minimum Gasteiger partial charge on any atom is -0.309 e. The fourth-order valence-electron chi connectivity index (χ4n) is 4.58. The molecule has 3 aromatic carbocycles. The molecule has 0 aliphatic carbocycles. The van der Waals surface area contributed by atoms with Gasteiger partial charge < -0.3 is 4.57 Å². The Kier molecular flexibility index (Phi) is 5.05. The number of rotatable bonds is 4. The van der Waals surface area contributed by atoms with Crippen LogP contribution in [0.1, 0.15) is 17.4 Å². The molecule has 3 heterocycles. The second-order valence-electron chi connectivity index (χ2n) is 8.02. The van der Waals surface area contributed by atoms with Crippen LogP contribution in [0.3, 0.4) is 0 Å². The van der Waals surface area contributed by atoms with Crippen LogP contribution < -0.4 is 0 Å². The molecule has 0 N–H and O–H groups in total. The fourth-order valence-corrected chi connectivity index (χ4v) is 5.92. The first-order valence-corrected chi connectivity index (χ1v) is 12.2. The molecule has 0 saturated carbocycles. The molecule has 3 aromatic heterocycles. The molecule has 0 bridgehead atoms. The smallest absolute Gasteiger partial charge is 0.162 e. The lowest BCUT2D eigenvalue weighted by molar-refractivity contribution is 1.18. The number of para-hydroxylation sites is 2. The van der Waals surface area contributed by atoms with E-state index in [0.29, 0.717) is 11.0 Å². The summed E-state index contributed by atoms with van der Waals surface area (Å²) >= 11 is 8.29. The van der Waals surface area contributed by atoms with E-state index in [1.807, 2.05) is 31.2 Å². The van der Waals surface area contributed by atoms with Gasteiger partial charge in [-0.15, -0.1) is 11.3 Å². The van der Waals surface area contributed by atoms with E-state index >= 15 is 0 Å². The summed E-state index contributed by atoms with van der Waals surface area (Å²) in [7, 11) is 0. The molecule has 0 saturated heterocycles. The summed E-state index contributed by atoms with van der Waals surface area (Å²) < 4.78 is 2.30. The summed E-state index contributed by atoms with van der Waals surface area (Å²) in [5.41, 5.74) is 5.40. The van der Waals surface area contributed by atoms with E-state index in [1.54, 1.807) is 11.3 Å². The van der Waals surface area contributed by atoms with Crippen molar-refractivity contribution >= 4 is 67.1 Å². The molecule has 6 rings (SSSR count). The van der Waals surface area contributed by atoms with Crippen molar-refractivity contribution in [3.05, 3.63) is 101 Å². The van der Waals surface area contributed by atoms with Gasteiger partial charge in [-0.1, -0.05) is 72.8 Å².